The van der Waals surface area contributed by atoms with Gasteiger partial charge in [0.15, 0.2) is 0 Å². The zero-order valence-electron chi connectivity index (χ0n) is 13.6. The number of carbonyl (C=O) groups is 2. The summed E-state index contributed by atoms with van der Waals surface area (Å²) < 4.78 is 12.9. The minimum atomic E-state index is -0.933. The number of benzene rings is 1. The van der Waals surface area contributed by atoms with Crippen LogP contribution in [-0.4, -0.2) is 40.4 Å². The maximum absolute atomic E-state index is 12.9. The summed E-state index contributed by atoms with van der Waals surface area (Å²) in [6.07, 6.45) is -0.735. The van der Waals surface area contributed by atoms with Crippen molar-refractivity contribution < 1.29 is 19.1 Å². The van der Waals surface area contributed by atoms with Crippen LogP contribution < -0.4 is 5.32 Å². The van der Waals surface area contributed by atoms with Crippen molar-refractivity contribution in [3.05, 3.63) is 35.6 Å². The van der Waals surface area contributed by atoms with Crippen LogP contribution in [-0.2, 0) is 9.59 Å². The van der Waals surface area contributed by atoms with Gasteiger partial charge in [0.2, 0.25) is 11.8 Å². The van der Waals surface area contributed by atoms with E-state index in [4.69, 9.17) is 0 Å². The molecule has 0 aromatic heterocycles. The minimum Gasteiger partial charge on any atom is -0.386 e. The van der Waals surface area contributed by atoms with Gasteiger partial charge in [-0.25, -0.2) is 4.39 Å². The summed E-state index contributed by atoms with van der Waals surface area (Å²) in [6.45, 7) is 5.92. The van der Waals surface area contributed by atoms with Crippen LogP contribution in [0, 0.1) is 11.7 Å². The minimum absolute atomic E-state index is 0.0214. The fourth-order valence-electron chi connectivity index (χ4n) is 2.78. The molecule has 3 unspecified atom stereocenters. The molecule has 1 fully saturated rings. The molecule has 0 bridgehead atoms. The Morgan fingerprint density at radius 2 is 1.91 bits per heavy atom. The predicted octanol–water partition coefficient (Wildman–Crippen LogP) is 1.62. The molecule has 1 aromatic rings. The average Bonchev–Trinajstić information content (AvgIpc) is 2.89. The fraction of sp³-hybridized carbons (Fsp3) is 0.529. The van der Waals surface area contributed by atoms with Crippen molar-refractivity contribution in [1.29, 1.82) is 0 Å². The number of likely N-dealkylation sites (tertiary alicyclic amines) is 1. The normalized spacial score (nSPS) is 20.7. The van der Waals surface area contributed by atoms with Gasteiger partial charge in [0.1, 0.15) is 5.82 Å². The third-order valence-corrected chi connectivity index (χ3v) is 4.21. The largest absolute Gasteiger partial charge is 0.386 e. The second-order valence-corrected chi connectivity index (χ2v) is 6.33. The van der Waals surface area contributed by atoms with E-state index in [-0.39, 0.29) is 30.1 Å². The molecule has 1 heterocycles. The lowest BCUT2D eigenvalue weighted by Gasteiger charge is -2.23. The van der Waals surface area contributed by atoms with Gasteiger partial charge in [-0.2, -0.15) is 0 Å². The standard InChI is InChI=1S/C17H23FN2O3/c1-10(2)20-9-13(8-15(20)21)17(23)19-11(3)16(22)12-4-6-14(18)7-5-12/h4-7,10-11,13,16,22H,8-9H2,1-3H3,(H,19,23). The van der Waals surface area contributed by atoms with Crippen molar-refractivity contribution in [2.24, 2.45) is 5.92 Å². The molecule has 0 aliphatic carbocycles. The molecule has 5 nitrogen and oxygen atoms in total. The van der Waals surface area contributed by atoms with Crippen LogP contribution >= 0.6 is 0 Å². The van der Waals surface area contributed by atoms with E-state index >= 15 is 0 Å². The first-order chi connectivity index (χ1) is 10.8. The molecular formula is C17H23FN2O3. The van der Waals surface area contributed by atoms with Gasteiger partial charge in [0.25, 0.3) is 0 Å². The van der Waals surface area contributed by atoms with Crippen LogP contribution in [0.4, 0.5) is 4.39 Å². The van der Waals surface area contributed by atoms with Crippen molar-refractivity contribution in [1.82, 2.24) is 10.2 Å². The first kappa shape index (κ1) is 17.4. The van der Waals surface area contributed by atoms with Gasteiger partial charge in [-0.15, -0.1) is 0 Å². The molecule has 3 atom stereocenters. The third-order valence-electron chi connectivity index (χ3n) is 4.21. The second-order valence-electron chi connectivity index (χ2n) is 6.33. The lowest BCUT2D eigenvalue weighted by atomic mass is 10.0. The van der Waals surface area contributed by atoms with E-state index in [2.05, 4.69) is 5.32 Å². The van der Waals surface area contributed by atoms with Crippen LogP contribution in [0.15, 0.2) is 24.3 Å². The molecule has 1 aliphatic heterocycles. The van der Waals surface area contributed by atoms with E-state index in [9.17, 15) is 19.1 Å². The molecule has 23 heavy (non-hydrogen) atoms. The van der Waals surface area contributed by atoms with Gasteiger partial charge in [-0.1, -0.05) is 12.1 Å². The number of halogens is 1. The van der Waals surface area contributed by atoms with E-state index in [1.165, 1.54) is 24.3 Å². The Morgan fingerprint density at radius 3 is 2.43 bits per heavy atom. The van der Waals surface area contributed by atoms with E-state index in [1.54, 1.807) is 11.8 Å². The van der Waals surface area contributed by atoms with Crippen molar-refractivity contribution in [2.45, 2.75) is 45.4 Å². The first-order valence-electron chi connectivity index (χ1n) is 7.83. The van der Waals surface area contributed by atoms with Gasteiger partial charge in [-0.05, 0) is 38.5 Å². The van der Waals surface area contributed by atoms with Crippen molar-refractivity contribution in [3.8, 4) is 0 Å². The summed E-state index contributed by atoms with van der Waals surface area (Å²) in [5.74, 6) is -1.04. The zero-order valence-corrected chi connectivity index (χ0v) is 13.6. The SMILES string of the molecule is CC(NC(=O)C1CC(=O)N(C(C)C)C1)C(O)c1ccc(F)cc1. The van der Waals surface area contributed by atoms with Gasteiger partial charge in [-0.3, -0.25) is 9.59 Å². The van der Waals surface area contributed by atoms with Gasteiger partial charge >= 0.3 is 0 Å². The monoisotopic (exact) mass is 322 g/mol. The Kier molecular flexibility index (Phi) is 5.36. The Labute approximate surface area is 135 Å². The number of nitrogens with zero attached hydrogens (tertiary/aromatic N) is 1. The van der Waals surface area contributed by atoms with E-state index in [1.807, 2.05) is 13.8 Å². The van der Waals surface area contributed by atoms with Crippen molar-refractivity contribution >= 4 is 11.8 Å². The Balaban J connectivity index is 1.94. The van der Waals surface area contributed by atoms with Crippen LogP contribution in [0.5, 0.6) is 0 Å². The highest BCUT2D eigenvalue weighted by molar-refractivity contribution is 5.89. The first-order valence-corrected chi connectivity index (χ1v) is 7.83. The molecule has 1 aliphatic rings. The summed E-state index contributed by atoms with van der Waals surface area (Å²) in [5.41, 5.74) is 0.533. The average molecular weight is 322 g/mol. The lowest BCUT2D eigenvalue weighted by molar-refractivity contribution is -0.130. The molecular weight excluding hydrogens is 299 g/mol. The number of aliphatic hydroxyl groups is 1. The summed E-state index contributed by atoms with van der Waals surface area (Å²) in [4.78, 5) is 25.8. The Morgan fingerprint density at radius 1 is 1.30 bits per heavy atom. The molecule has 0 radical (unpaired) electrons. The molecule has 6 heteroatoms. The van der Waals surface area contributed by atoms with Crippen LogP contribution in [0.2, 0.25) is 0 Å². The van der Waals surface area contributed by atoms with E-state index in [0.29, 0.717) is 12.1 Å². The van der Waals surface area contributed by atoms with E-state index in [0.717, 1.165) is 0 Å². The van der Waals surface area contributed by atoms with E-state index < -0.39 is 18.1 Å². The number of hydrogen-bond acceptors (Lipinski definition) is 3. The molecule has 0 spiro atoms. The summed E-state index contributed by atoms with van der Waals surface area (Å²) >= 11 is 0. The molecule has 126 valence electrons. The Hall–Kier alpha value is -1.95. The van der Waals surface area contributed by atoms with Gasteiger partial charge in [0, 0.05) is 19.0 Å². The van der Waals surface area contributed by atoms with Gasteiger partial charge < -0.3 is 15.3 Å². The maximum atomic E-state index is 12.9. The smallest absolute Gasteiger partial charge is 0.225 e. The van der Waals surface area contributed by atoms with Crippen LogP contribution in [0.3, 0.4) is 0 Å². The fourth-order valence-corrected chi connectivity index (χ4v) is 2.78. The molecule has 1 aromatic carbocycles. The predicted molar refractivity (Wildman–Crippen MR) is 83.9 cm³/mol. The number of rotatable bonds is 5. The number of hydrogen-bond donors (Lipinski definition) is 2. The number of aliphatic hydroxyl groups excluding tert-OH is 1. The number of carbonyl (C=O) groups excluding carboxylic acids is 2. The number of amides is 2. The quantitative estimate of drug-likeness (QED) is 0.865. The number of nitrogens with one attached hydrogen (secondary N) is 1. The highest BCUT2D eigenvalue weighted by Gasteiger charge is 2.36. The zero-order chi connectivity index (χ0) is 17.1. The summed E-state index contributed by atoms with van der Waals surface area (Å²) in [7, 11) is 0. The molecule has 1 saturated heterocycles. The van der Waals surface area contributed by atoms with Gasteiger partial charge in [0.05, 0.1) is 18.1 Å². The second kappa shape index (κ2) is 7.08. The molecule has 2 rings (SSSR count). The maximum Gasteiger partial charge on any atom is 0.225 e. The topological polar surface area (TPSA) is 69.6 Å². The molecule has 2 N–H and O–H groups in total. The Bertz CT molecular complexity index is 574. The molecule has 2 amide bonds. The third kappa shape index (κ3) is 4.07. The highest BCUT2D eigenvalue weighted by Crippen LogP contribution is 2.22. The summed E-state index contributed by atoms with van der Waals surface area (Å²) in [6, 6.07) is 5.05. The highest BCUT2D eigenvalue weighted by atomic mass is 19.1. The van der Waals surface area contributed by atoms with Crippen molar-refractivity contribution in [3.63, 3.8) is 0 Å². The molecule has 0 saturated carbocycles. The lowest BCUT2D eigenvalue weighted by Crippen LogP contribution is -2.41. The van der Waals surface area contributed by atoms with Crippen LogP contribution in [0.25, 0.3) is 0 Å². The summed E-state index contributed by atoms with van der Waals surface area (Å²) in [5, 5.41) is 13.0. The van der Waals surface area contributed by atoms with Crippen LogP contribution in [0.1, 0.15) is 38.9 Å². The van der Waals surface area contributed by atoms with Crippen molar-refractivity contribution in [2.75, 3.05) is 6.54 Å².